The van der Waals surface area contributed by atoms with Crippen LogP contribution in [0.2, 0.25) is 0 Å². The van der Waals surface area contributed by atoms with Gasteiger partial charge in [0, 0.05) is 12.5 Å². The van der Waals surface area contributed by atoms with Gasteiger partial charge < -0.3 is 19.4 Å². The van der Waals surface area contributed by atoms with Gasteiger partial charge in [-0.3, -0.25) is 4.84 Å². The zero-order chi connectivity index (χ0) is 35.9. The summed E-state index contributed by atoms with van der Waals surface area (Å²) >= 11 is 0. The first-order valence-electron chi connectivity index (χ1n) is 14.3. The second-order valence-electron chi connectivity index (χ2n) is 11.1. The molecule has 1 atom stereocenters. The van der Waals surface area contributed by atoms with E-state index >= 15 is 0 Å². The molecule has 2 aromatic carbocycles. The van der Waals surface area contributed by atoms with Crippen LogP contribution in [0.1, 0.15) is 45.9 Å². The first-order chi connectivity index (χ1) is 22.3. The van der Waals surface area contributed by atoms with Crippen LogP contribution in [0.3, 0.4) is 0 Å². The minimum absolute atomic E-state index is 0.0238. The van der Waals surface area contributed by atoms with E-state index in [2.05, 4.69) is 10.4 Å². The van der Waals surface area contributed by atoms with Gasteiger partial charge in [0.05, 0.1) is 27.8 Å². The average molecular weight is 701 g/mol. The number of hydrogen-bond donors (Lipinski definition) is 1. The Morgan fingerprint density at radius 1 is 1.10 bits per heavy atom. The zero-order valence-corrected chi connectivity index (χ0v) is 27.7. The van der Waals surface area contributed by atoms with Crippen molar-refractivity contribution in [1.82, 2.24) is 19.5 Å². The number of halogens is 3. The smallest absolute Gasteiger partial charge is 0.511 e. The summed E-state index contributed by atoms with van der Waals surface area (Å²) in [5, 5.41) is 20.2. The molecule has 1 heterocycles. The van der Waals surface area contributed by atoms with Crippen LogP contribution in [0, 0.1) is 12.1 Å². The lowest BCUT2D eigenvalue weighted by atomic mass is 10.1. The van der Waals surface area contributed by atoms with Gasteiger partial charge in [-0.05, 0) is 65.0 Å². The lowest BCUT2D eigenvalue weighted by Crippen LogP contribution is -2.37. The first-order valence-corrected chi connectivity index (χ1v) is 15.8. The quantitative estimate of drug-likeness (QED) is 0.0805. The molecular formula is C29H35F3N6O9S. The van der Waals surface area contributed by atoms with E-state index in [0.717, 1.165) is 33.5 Å². The Bertz CT molecular complexity index is 1710. The number of hydrazine groups is 1. The SMILES string of the molecule is CCN(CCOC(=O)NS(=O)(=O)c1ccc(-n2nc(C(F)(F)F)cc2-c2ccc(C)cc2)cc1)/[N+]([O-])=N/OC(C)OC(=O)OC(C)(C)C. The normalized spacial score (nSPS) is 13.0. The lowest BCUT2D eigenvalue weighted by Gasteiger charge is -2.20. The number of likely N-dealkylation sites (N-methyl/N-ethyl adjacent to an activating group) is 1. The highest BCUT2D eigenvalue weighted by Crippen LogP contribution is 2.33. The van der Waals surface area contributed by atoms with Crippen molar-refractivity contribution in [2.75, 3.05) is 19.7 Å². The molecule has 0 bridgehead atoms. The maximum Gasteiger partial charge on any atom is 0.511 e. The van der Waals surface area contributed by atoms with Gasteiger partial charge in [-0.25, -0.2) is 27.4 Å². The van der Waals surface area contributed by atoms with E-state index in [1.165, 1.54) is 19.1 Å². The summed E-state index contributed by atoms with van der Waals surface area (Å²) < 4.78 is 83.5. The van der Waals surface area contributed by atoms with Gasteiger partial charge in [0.1, 0.15) is 18.8 Å². The molecule has 1 unspecified atom stereocenters. The van der Waals surface area contributed by atoms with Crippen LogP contribution in [0.4, 0.5) is 22.8 Å². The molecule has 0 saturated heterocycles. The number of alkyl halides is 3. The standard InChI is InChI=1S/C29H35F3N6O9S/c1-7-36(38(41)35-47-20(3)45-27(40)46-28(4,5)6)16-17-44-26(39)34-48(42,43)23-14-12-22(13-15-23)37-24(18-25(33-37)29(30,31)32)21-10-8-19(2)9-11-21/h8-15,18,20H,7,16-17H2,1-6H3,(H,34,39)/b38-35-. The molecule has 1 aromatic heterocycles. The number of benzene rings is 2. The number of nitrogens with one attached hydrogen (secondary N) is 1. The van der Waals surface area contributed by atoms with Crippen molar-refractivity contribution in [3.05, 3.63) is 71.1 Å². The molecule has 262 valence electrons. The van der Waals surface area contributed by atoms with Crippen molar-refractivity contribution in [3.63, 3.8) is 0 Å². The van der Waals surface area contributed by atoms with E-state index in [0.29, 0.717) is 5.56 Å². The molecule has 0 radical (unpaired) electrons. The predicted molar refractivity (Wildman–Crippen MR) is 162 cm³/mol. The number of carbonyl (C=O) groups excluding carboxylic acids is 2. The molecule has 0 aliphatic rings. The van der Waals surface area contributed by atoms with Crippen molar-refractivity contribution in [3.8, 4) is 16.9 Å². The van der Waals surface area contributed by atoms with Gasteiger partial charge in [-0.15, -0.1) is 5.01 Å². The van der Waals surface area contributed by atoms with E-state index in [9.17, 15) is 36.4 Å². The summed E-state index contributed by atoms with van der Waals surface area (Å²) in [6.07, 6.45) is -8.39. The molecule has 0 aliphatic carbocycles. The maximum absolute atomic E-state index is 13.5. The largest absolute Gasteiger partial charge is 0.569 e. The van der Waals surface area contributed by atoms with Crippen LogP contribution in [0.25, 0.3) is 16.9 Å². The Hall–Kier alpha value is -5.07. The highest BCUT2D eigenvalue weighted by Gasteiger charge is 2.35. The monoisotopic (exact) mass is 700 g/mol. The van der Waals surface area contributed by atoms with Crippen molar-refractivity contribution in [2.45, 2.75) is 64.5 Å². The van der Waals surface area contributed by atoms with Crippen LogP contribution in [-0.2, 0) is 35.2 Å². The molecule has 15 nitrogen and oxygen atoms in total. The van der Waals surface area contributed by atoms with Crippen LogP contribution in [0.5, 0.6) is 0 Å². The molecule has 0 saturated carbocycles. The number of ether oxygens (including phenoxy) is 3. The molecule has 0 fully saturated rings. The topological polar surface area (TPSA) is 177 Å². The van der Waals surface area contributed by atoms with Gasteiger partial charge in [-0.2, -0.15) is 18.3 Å². The van der Waals surface area contributed by atoms with Gasteiger partial charge in [0.2, 0.25) is 5.28 Å². The van der Waals surface area contributed by atoms with Crippen LogP contribution < -0.4 is 4.72 Å². The second-order valence-corrected chi connectivity index (χ2v) is 12.7. The van der Waals surface area contributed by atoms with Crippen molar-refractivity contribution in [2.24, 2.45) is 5.28 Å². The molecule has 19 heteroatoms. The predicted octanol–water partition coefficient (Wildman–Crippen LogP) is 5.71. The van der Waals surface area contributed by atoms with Crippen LogP contribution >= 0.6 is 0 Å². The minimum Gasteiger partial charge on any atom is -0.569 e. The Kier molecular flexibility index (Phi) is 11.9. The fourth-order valence-electron chi connectivity index (χ4n) is 3.81. The fraction of sp³-hybridized carbons (Fsp3) is 0.414. The van der Waals surface area contributed by atoms with Gasteiger partial charge in [0.15, 0.2) is 5.69 Å². The number of nitrogens with zero attached hydrogens (tertiary/aromatic N) is 5. The summed E-state index contributed by atoms with van der Waals surface area (Å²) in [5.41, 5.74) is -0.340. The highest BCUT2D eigenvalue weighted by atomic mass is 32.2. The summed E-state index contributed by atoms with van der Waals surface area (Å²) in [5.74, 6) is 0. The summed E-state index contributed by atoms with van der Waals surface area (Å²) in [4.78, 5) is 28.4. The Labute approximate surface area is 274 Å². The molecule has 0 spiro atoms. The zero-order valence-electron chi connectivity index (χ0n) is 26.8. The number of amides is 1. The number of carbonyl (C=O) groups is 2. The van der Waals surface area contributed by atoms with Gasteiger partial charge in [-0.1, -0.05) is 29.8 Å². The summed E-state index contributed by atoms with van der Waals surface area (Å²) in [6.45, 7) is 8.97. The molecule has 3 rings (SSSR count). The molecule has 0 aliphatic heterocycles. The Morgan fingerprint density at radius 2 is 1.73 bits per heavy atom. The lowest BCUT2D eigenvalue weighted by molar-refractivity contribution is -0.712. The van der Waals surface area contributed by atoms with E-state index in [1.54, 1.807) is 56.7 Å². The van der Waals surface area contributed by atoms with E-state index in [-0.39, 0.29) is 34.3 Å². The Balaban J connectivity index is 1.60. The number of aromatic nitrogens is 2. The molecular weight excluding hydrogens is 665 g/mol. The van der Waals surface area contributed by atoms with Crippen molar-refractivity contribution >= 4 is 22.3 Å². The highest BCUT2D eigenvalue weighted by molar-refractivity contribution is 7.90. The molecule has 48 heavy (non-hydrogen) atoms. The number of hydrogen-bond acceptors (Lipinski definition) is 11. The van der Waals surface area contributed by atoms with Crippen molar-refractivity contribution in [1.29, 1.82) is 0 Å². The fourth-order valence-corrected chi connectivity index (χ4v) is 4.70. The molecule has 1 N–H and O–H groups in total. The number of rotatable bonds is 12. The van der Waals surface area contributed by atoms with E-state index in [1.807, 2.05) is 6.92 Å². The minimum atomic E-state index is -4.72. The third-order valence-electron chi connectivity index (χ3n) is 6.06. The Morgan fingerprint density at radius 3 is 2.29 bits per heavy atom. The third kappa shape index (κ3) is 10.7. The van der Waals surface area contributed by atoms with Crippen molar-refractivity contribution < 1.29 is 55.2 Å². The second kappa shape index (κ2) is 15.2. The third-order valence-corrected chi connectivity index (χ3v) is 7.39. The summed E-state index contributed by atoms with van der Waals surface area (Å²) in [6, 6.07) is 12.3. The van der Waals surface area contributed by atoms with E-state index < -0.39 is 52.6 Å². The maximum atomic E-state index is 13.5. The molecule has 1 amide bonds. The van der Waals surface area contributed by atoms with Gasteiger partial charge >= 0.3 is 18.4 Å². The van der Waals surface area contributed by atoms with Crippen LogP contribution in [0.15, 0.2) is 64.8 Å². The van der Waals surface area contributed by atoms with Gasteiger partial charge in [0.25, 0.3) is 16.3 Å². The number of aryl methyl sites for hydroxylation is 1. The average Bonchev–Trinajstić information content (AvgIpc) is 3.44. The molecule has 3 aromatic rings. The summed E-state index contributed by atoms with van der Waals surface area (Å²) in [7, 11) is -4.47. The number of sulfonamides is 1. The first kappa shape index (κ1) is 37.4. The van der Waals surface area contributed by atoms with E-state index in [4.69, 9.17) is 19.0 Å². The van der Waals surface area contributed by atoms with Crippen LogP contribution in [-0.4, -0.2) is 72.0 Å².